The van der Waals surface area contributed by atoms with Gasteiger partial charge in [-0.1, -0.05) is 78.4 Å². The Morgan fingerprint density at radius 2 is 1.68 bits per heavy atom. The first-order valence-electron chi connectivity index (χ1n) is 11.3. The van der Waals surface area contributed by atoms with Crippen LogP contribution in [0.4, 0.5) is 11.4 Å². The number of allylic oxidation sites excluding steroid dienone is 2. The lowest BCUT2D eigenvalue weighted by Gasteiger charge is -2.38. The van der Waals surface area contributed by atoms with Gasteiger partial charge in [-0.3, -0.25) is 4.72 Å². The fourth-order valence-electron chi connectivity index (χ4n) is 5.29. The summed E-state index contributed by atoms with van der Waals surface area (Å²) in [5, 5.41) is 6.24. The highest BCUT2D eigenvalue weighted by Gasteiger charge is 2.39. The number of hydrogen-bond acceptors (Lipinski definition) is 3. The first-order valence-corrected chi connectivity index (χ1v) is 13.2. The van der Waals surface area contributed by atoms with Crippen LogP contribution in [0.25, 0.3) is 10.8 Å². The molecule has 1 heterocycles. The van der Waals surface area contributed by atoms with Gasteiger partial charge >= 0.3 is 0 Å². The number of halogens is 1. The molecule has 0 unspecified atom stereocenters. The molecule has 4 nitrogen and oxygen atoms in total. The molecule has 3 atom stereocenters. The van der Waals surface area contributed by atoms with Gasteiger partial charge in [-0.25, -0.2) is 8.42 Å². The Labute approximate surface area is 204 Å². The van der Waals surface area contributed by atoms with Gasteiger partial charge in [0.1, 0.15) is 0 Å². The van der Waals surface area contributed by atoms with E-state index in [1.165, 1.54) is 0 Å². The van der Waals surface area contributed by atoms with E-state index >= 15 is 0 Å². The van der Waals surface area contributed by atoms with Crippen molar-refractivity contribution in [1.29, 1.82) is 0 Å². The minimum absolute atomic E-state index is 0.0671. The van der Waals surface area contributed by atoms with Crippen molar-refractivity contribution in [2.24, 2.45) is 5.92 Å². The Balaban J connectivity index is 1.37. The van der Waals surface area contributed by atoms with Gasteiger partial charge in [0.25, 0.3) is 10.0 Å². The normalized spacial score (nSPS) is 21.0. The third kappa shape index (κ3) is 3.56. The maximum Gasteiger partial charge on any atom is 0.261 e. The molecule has 0 aromatic heterocycles. The van der Waals surface area contributed by atoms with Crippen molar-refractivity contribution >= 4 is 43.8 Å². The summed E-state index contributed by atoms with van der Waals surface area (Å²) >= 11 is 6.53. The van der Waals surface area contributed by atoms with Crippen molar-refractivity contribution in [3.05, 3.63) is 113 Å². The highest BCUT2D eigenvalue weighted by atomic mass is 35.5. The first-order chi connectivity index (χ1) is 16.5. The molecule has 0 radical (unpaired) electrons. The summed E-state index contributed by atoms with van der Waals surface area (Å²) in [6.45, 7) is 0. The first kappa shape index (κ1) is 21.3. The molecule has 34 heavy (non-hydrogen) atoms. The molecular weight excluding hydrogens is 464 g/mol. The van der Waals surface area contributed by atoms with Crippen LogP contribution in [-0.2, 0) is 10.0 Å². The lowest BCUT2D eigenvalue weighted by molar-refractivity contribution is 0.425. The molecule has 2 N–H and O–H groups in total. The molecule has 0 spiro atoms. The Kier molecular flexibility index (Phi) is 5.12. The molecule has 0 amide bonds. The number of nitrogens with one attached hydrogen (secondary N) is 2. The zero-order valence-electron chi connectivity index (χ0n) is 18.3. The van der Waals surface area contributed by atoms with Crippen LogP contribution in [-0.4, -0.2) is 8.42 Å². The van der Waals surface area contributed by atoms with Crippen LogP contribution in [0.3, 0.4) is 0 Å². The van der Waals surface area contributed by atoms with Gasteiger partial charge < -0.3 is 5.32 Å². The van der Waals surface area contributed by atoms with E-state index in [4.69, 9.17) is 11.6 Å². The second-order valence-corrected chi connectivity index (χ2v) is 11.0. The van der Waals surface area contributed by atoms with Crippen LogP contribution in [0.15, 0.2) is 102 Å². The Bertz CT molecular complexity index is 1540. The second kappa shape index (κ2) is 8.19. The van der Waals surface area contributed by atoms with E-state index in [9.17, 15) is 8.42 Å². The summed E-state index contributed by atoms with van der Waals surface area (Å²) in [6, 6.07) is 26.7. The van der Waals surface area contributed by atoms with E-state index in [0.29, 0.717) is 5.69 Å². The molecule has 6 rings (SSSR count). The molecule has 0 bridgehead atoms. The number of anilines is 2. The molecule has 1 aliphatic carbocycles. The molecule has 4 aromatic rings. The van der Waals surface area contributed by atoms with E-state index in [0.717, 1.165) is 39.0 Å². The van der Waals surface area contributed by atoms with E-state index in [1.54, 1.807) is 12.1 Å². The average molecular weight is 487 g/mol. The van der Waals surface area contributed by atoms with Crippen molar-refractivity contribution in [3.63, 3.8) is 0 Å². The summed E-state index contributed by atoms with van der Waals surface area (Å²) in [5.74, 6) is 0.404. The quantitative estimate of drug-likeness (QED) is 0.302. The molecule has 170 valence electrons. The second-order valence-electron chi connectivity index (χ2n) is 8.88. The van der Waals surface area contributed by atoms with Gasteiger partial charge in [-0.15, -0.1) is 0 Å². The van der Waals surface area contributed by atoms with Gasteiger partial charge in [0.15, 0.2) is 0 Å². The van der Waals surface area contributed by atoms with Crippen LogP contribution >= 0.6 is 11.6 Å². The van der Waals surface area contributed by atoms with Crippen LogP contribution < -0.4 is 10.0 Å². The molecule has 0 fully saturated rings. The van der Waals surface area contributed by atoms with Crippen molar-refractivity contribution in [3.8, 4) is 0 Å². The van der Waals surface area contributed by atoms with E-state index < -0.39 is 10.0 Å². The molecule has 0 saturated heterocycles. The SMILES string of the molecule is O=S(=O)(Nc1cccc2ccccc12)c1ccc2c(c1)[C@H]1C=CC[C@H]1[C@@H](c1ccccc1Cl)N2. The maximum absolute atomic E-state index is 13.4. The smallest absolute Gasteiger partial charge is 0.261 e. The third-order valence-electron chi connectivity index (χ3n) is 6.92. The summed E-state index contributed by atoms with van der Waals surface area (Å²) in [6.07, 6.45) is 5.30. The lowest BCUT2D eigenvalue weighted by Crippen LogP contribution is -2.29. The molecule has 1 aliphatic heterocycles. The average Bonchev–Trinajstić information content (AvgIpc) is 3.34. The summed E-state index contributed by atoms with van der Waals surface area (Å²) in [5.41, 5.74) is 3.60. The predicted molar refractivity (Wildman–Crippen MR) is 139 cm³/mol. The van der Waals surface area contributed by atoms with Crippen molar-refractivity contribution in [1.82, 2.24) is 0 Å². The van der Waals surface area contributed by atoms with Gasteiger partial charge in [0.05, 0.1) is 16.6 Å². The topological polar surface area (TPSA) is 58.2 Å². The summed E-state index contributed by atoms with van der Waals surface area (Å²) in [7, 11) is -3.76. The van der Waals surface area contributed by atoms with Crippen molar-refractivity contribution in [2.45, 2.75) is 23.3 Å². The van der Waals surface area contributed by atoms with Crippen molar-refractivity contribution in [2.75, 3.05) is 10.0 Å². The zero-order chi connectivity index (χ0) is 23.3. The highest BCUT2D eigenvalue weighted by molar-refractivity contribution is 7.92. The highest BCUT2D eigenvalue weighted by Crippen LogP contribution is 2.51. The maximum atomic E-state index is 13.4. The molecule has 6 heteroatoms. The zero-order valence-corrected chi connectivity index (χ0v) is 19.9. The minimum Gasteiger partial charge on any atom is -0.378 e. The van der Waals surface area contributed by atoms with E-state index in [2.05, 4.69) is 28.3 Å². The van der Waals surface area contributed by atoms with Gasteiger partial charge in [0.2, 0.25) is 0 Å². The Hall–Kier alpha value is -3.28. The molecule has 4 aromatic carbocycles. The summed E-state index contributed by atoms with van der Waals surface area (Å²) < 4.78 is 29.6. The fraction of sp³-hybridized carbons (Fsp3) is 0.143. The van der Waals surface area contributed by atoms with Gasteiger partial charge in [0, 0.05) is 22.0 Å². The third-order valence-corrected chi connectivity index (χ3v) is 8.63. The number of sulfonamides is 1. The minimum atomic E-state index is -3.76. The number of benzene rings is 4. The van der Waals surface area contributed by atoms with Crippen LogP contribution in [0.1, 0.15) is 29.5 Å². The van der Waals surface area contributed by atoms with E-state index in [-0.39, 0.29) is 22.8 Å². The lowest BCUT2D eigenvalue weighted by atomic mass is 9.77. The molecule has 2 aliphatic rings. The predicted octanol–water partition coefficient (Wildman–Crippen LogP) is 7.12. The molecule has 0 saturated carbocycles. The number of hydrogen-bond donors (Lipinski definition) is 2. The largest absolute Gasteiger partial charge is 0.378 e. The monoisotopic (exact) mass is 486 g/mol. The number of rotatable bonds is 4. The Morgan fingerprint density at radius 3 is 2.56 bits per heavy atom. The van der Waals surface area contributed by atoms with Crippen LogP contribution in [0.5, 0.6) is 0 Å². The molecular formula is C28H23ClN2O2S. The van der Waals surface area contributed by atoms with Crippen LogP contribution in [0, 0.1) is 5.92 Å². The summed E-state index contributed by atoms with van der Waals surface area (Å²) in [4.78, 5) is 0.260. The van der Waals surface area contributed by atoms with Crippen LogP contribution in [0.2, 0.25) is 5.02 Å². The van der Waals surface area contributed by atoms with Gasteiger partial charge in [-0.2, -0.15) is 0 Å². The van der Waals surface area contributed by atoms with E-state index in [1.807, 2.05) is 66.7 Å². The van der Waals surface area contributed by atoms with Crippen molar-refractivity contribution < 1.29 is 8.42 Å². The standard InChI is InChI=1S/C28H23ClN2O2S/c29-25-13-4-3-10-23(25)28-22-12-6-11-21(22)24-17-19(15-16-26(24)30-28)34(32,33)31-27-14-5-8-18-7-1-2-9-20(18)27/h1-11,13-17,21-22,28,30-31H,12H2/t21-,22+,28-/m0/s1. The Morgan fingerprint density at radius 1 is 0.882 bits per heavy atom. The van der Waals surface area contributed by atoms with Gasteiger partial charge in [-0.05, 0) is 59.2 Å². The fourth-order valence-corrected chi connectivity index (χ4v) is 6.66. The number of fused-ring (bicyclic) bond motifs is 4.